The van der Waals surface area contributed by atoms with E-state index in [1.54, 1.807) is 101 Å². The number of alkyl halides is 3. The first-order valence-corrected chi connectivity index (χ1v) is 29.9. The van der Waals surface area contributed by atoms with Crippen LogP contribution in [0.15, 0.2) is 194 Å². The first kappa shape index (κ1) is 76.8. The maximum absolute atomic E-state index is 12.9. The molecule has 0 fully saturated rings. The quantitative estimate of drug-likeness (QED) is 0.0192. The number of phenols is 1. The third kappa shape index (κ3) is 20.9. The molecule has 0 saturated carbocycles. The largest absolute Gasteiger partial charge is 0.507 e. The van der Waals surface area contributed by atoms with Crippen molar-refractivity contribution in [3.63, 3.8) is 0 Å². The highest BCUT2D eigenvalue weighted by Crippen LogP contribution is 2.35. The van der Waals surface area contributed by atoms with Crippen LogP contribution in [-0.2, 0) is 79.9 Å². The van der Waals surface area contributed by atoms with Crippen LogP contribution in [0.25, 0.3) is 43.1 Å². The van der Waals surface area contributed by atoms with Crippen LogP contribution in [0.2, 0.25) is 0 Å². The molecule has 0 amide bonds. The van der Waals surface area contributed by atoms with Crippen molar-refractivity contribution >= 4 is 106 Å². The van der Waals surface area contributed by atoms with E-state index in [0.717, 1.165) is 33.2 Å². The highest BCUT2D eigenvalue weighted by atomic mass is 32.2. The van der Waals surface area contributed by atoms with Crippen LogP contribution in [0.5, 0.6) is 5.75 Å². The highest BCUT2D eigenvalue weighted by molar-refractivity contribution is 8.02. The standard InChI is InChI=1S/2C19H20O5.C18H16F3NO5S.C15H14O3.CH4/c2*1-12(2)17(20)23-11-24-18(21)15-9-10-16(19(3,4)22)14-8-6-5-7-13(14)15;1-11(2)16(23)26-10-27-17(24)14-8-9-15(13-7-5-4-6-12(13)14)22-28(3,25)18(19,20)21;1-10(2)15(17)18-9-11-5-3-7-13-12(11)6-4-8-14(13)16;/h2*5-10,22H,1,11H2,2-4H3;4-9H,1,3,10H2,2H3,(H,22,25);3-8,16H,1,9H2,2H3;1H4. The molecule has 0 aromatic heterocycles. The number of carbonyl (C=O) groups is 7. The van der Waals surface area contributed by atoms with E-state index < -0.39 is 88.6 Å². The zero-order valence-electron chi connectivity index (χ0n) is 52.7. The number of esters is 7. The molecule has 1 atom stereocenters. The van der Waals surface area contributed by atoms with Gasteiger partial charge in [0.1, 0.15) is 22.1 Å². The van der Waals surface area contributed by atoms with Crippen molar-refractivity contribution in [3.8, 4) is 5.75 Å². The summed E-state index contributed by atoms with van der Waals surface area (Å²) in [6.07, 6.45) is 0. The number of anilines is 1. The molecular formula is C72H74F3NO18S. The van der Waals surface area contributed by atoms with Crippen LogP contribution in [-0.4, -0.2) is 93.1 Å². The Morgan fingerprint density at radius 3 is 1.12 bits per heavy atom. The second-order valence-corrected chi connectivity index (χ2v) is 23.9. The van der Waals surface area contributed by atoms with E-state index in [1.807, 2.05) is 53.3 Å². The fourth-order valence-electron chi connectivity index (χ4n) is 8.59. The summed E-state index contributed by atoms with van der Waals surface area (Å²) in [4.78, 5) is 82.0. The van der Waals surface area contributed by atoms with Gasteiger partial charge in [-0.25, -0.2) is 37.8 Å². The number of halogens is 3. The zero-order chi connectivity index (χ0) is 70.0. The molecule has 0 aliphatic heterocycles. The van der Waals surface area contributed by atoms with Crippen molar-refractivity contribution < 1.29 is 99.4 Å². The van der Waals surface area contributed by atoms with Gasteiger partial charge in [0.2, 0.25) is 20.4 Å². The Bertz CT molecular complexity index is 4230. The normalized spacial score (nSPS) is 11.5. The summed E-state index contributed by atoms with van der Waals surface area (Å²) in [5.74, 6) is -1.53. The summed E-state index contributed by atoms with van der Waals surface area (Å²) >= 11 is 0. The number of nitrogens with one attached hydrogen (secondary N) is 1. The van der Waals surface area contributed by atoms with Gasteiger partial charge in [0.05, 0.1) is 33.6 Å². The molecule has 23 heteroatoms. The topological polar surface area (TPSA) is 274 Å². The minimum absolute atomic E-state index is 0. The lowest BCUT2D eigenvalue weighted by atomic mass is 9.90. The maximum atomic E-state index is 12.9. The number of fused-ring (bicyclic) bond motifs is 4. The number of hydrogen-bond donors (Lipinski definition) is 4. The van der Waals surface area contributed by atoms with Gasteiger partial charge in [0.15, 0.2) is 0 Å². The van der Waals surface area contributed by atoms with E-state index in [1.165, 1.54) is 45.0 Å². The number of phenolic OH excluding ortho intramolecular Hbond substituents is 1. The van der Waals surface area contributed by atoms with Gasteiger partial charge in [-0.3, -0.25) is 0 Å². The molecule has 502 valence electrons. The molecular weight excluding hydrogens is 1260 g/mol. The lowest BCUT2D eigenvalue weighted by Gasteiger charge is -2.21. The van der Waals surface area contributed by atoms with E-state index in [-0.39, 0.29) is 58.5 Å². The summed E-state index contributed by atoms with van der Waals surface area (Å²) in [7, 11) is -4.64. The molecule has 8 rings (SSSR count). The van der Waals surface area contributed by atoms with Crippen LogP contribution < -0.4 is 4.72 Å². The Morgan fingerprint density at radius 1 is 0.432 bits per heavy atom. The highest BCUT2D eigenvalue weighted by Gasteiger charge is 2.40. The van der Waals surface area contributed by atoms with E-state index in [4.69, 9.17) is 28.4 Å². The van der Waals surface area contributed by atoms with Crippen molar-refractivity contribution in [2.75, 3.05) is 25.1 Å². The van der Waals surface area contributed by atoms with Crippen LogP contribution in [0.4, 0.5) is 18.9 Å². The van der Waals surface area contributed by atoms with Crippen LogP contribution >= 0.6 is 0 Å². The fraction of sp³-hybridized carbons (Fsp3) is 0.222. The predicted molar refractivity (Wildman–Crippen MR) is 358 cm³/mol. The van der Waals surface area contributed by atoms with E-state index >= 15 is 0 Å². The van der Waals surface area contributed by atoms with Crippen LogP contribution in [0, 0.1) is 0 Å². The Kier molecular flexibility index (Phi) is 26.9. The molecule has 4 N–H and O–H groups in total. The van der Waals surface area contributed by atoms with E-state index in [9.17, 15) is 66.3 Å². The van der Waals surface area contributed by atoms with Crippen LogP contribution in [0.3, 0.4) is 0 Å². The molecule has 0 spiro atoms. The van der Waals surface area contributed by atoms with Crippen molar-refractivity contribution in [3.05, 3.63) is 228 Å². The molecule has 0 bridgehead atoms. The smallest absolute Gasteiger partial charge is 0.481 e. The van der Waals surface area contributed by atoms with Gasteiger partial charge < -0.3 is 53.2 Å². The first-order valence-electron chi connectivity index (χ1n) is 28.2. The van der Waals surface area contributed by atoms with Crippen molar-refractivity contribution in [1.82, 2.24) is 0 Å². The molecule has 95 heavy (non-hydrogen) atoms. The summed E-state index contributed by atoms with van der Waals surface area (Å²) in [5, 5.41) is 35.3. The SMILES string of the molecule is C.C=C(C)C(=O)OCOC(=O)c1ccc(C(C)(C)O)c2ccccc12.C=C(C)C(=O)OCOC(=O)c1ccc(C(C)(C)O)c2ccccc12.C=C(C)C(=O)OCOC(=O)c1ccc(NS(=C)(=O)C(F)(F)F)c2ccccc12.C=C(C)C(=O)OCc1cccc2c(O)cccc12. The molecule has 1 unspecified atom stereocenters. The molecule has 0 aliphatic carbocycles. The number of rotatable bonds is 19. The summed E-state index contributed by atoms with van der Waals surface area (Å²) in [5.41, 5.74) is -3.32. The molecule has 8 aromatic carbocycles. The zero-order valence-corrected chi connectivity index (χ0v) is 53.5. The molecule has 0 aliphatic rings. The number of ether oxygens (including phenoxy) is 7. The summed E-state index contributed by atoms with van der Waals surface area (Å²) in [6, 6.07) is 40.3. The third-order valence-corrected chi connectivity index (χ3v) is 14.6. The van der Waals surface area contributed by atoms with Gasteiger partial charge in [-0.1, -0.05) is 149 Å². The Hall–Kier alpha value is -10.6. The Labute approximate surface area is 547 Å². The average molecular weight is 1330 g/mol. The molecule has 19 nitrogen and oxygen atoms in total. The number of aliphatic hydroxyl groups is 2. The molecule has 0 saturated heterocycles. The lowest BCUT2D eigenvalue weighted by Crippen LogP contribution is -2.29. The molecule has 0 radical (unpaired) electrons. The maximum Gasteiger partial charge on any atom is 0.481 e. The molecule has 8 aromatic rings. The predicted octanol–water partition coefficient (Wildman–Crippen LogP) is 14.0. The van der Waals surface area contributed by atoms with E-state index in [0.29, 0.717) is 38.6 Å². The number of hydrogen-bond acceptors (Lipinski definition) is 18. The minimum atomic E-state index is -5.06. The minimum Gasteiger partial charge on any atom is -0.507 e. The average Bonchev–Trinajstić information content (AvgIpc) is 0.797. The van der Waals surface area contributed by atoms with Gasteiger partial charge in [0.25, 0.3) is 0 Å². The van der Waals surface area contributed by atoms with Crippen molar-refractivity contribution in [2.45, 2.75) is 86.1 Å². The van der Waals surface area contributed by atoms with Gasteiger partial charge >= 0.3 is 47.3 Å². The number of carbonyl (C=O) groups excluding carboxylic acids is 7. The first-order chi connectivity index (χ1) is 44.0. The Balaban J connectivity index is 0.000000271. The third-order valence-electron chi connectivity index (χ3n) is 13.3. The monoisotopic (exact) mass is 1330 g/mol. The van der Waals surface area contributed by atoms with Crippen molar-refractivity contribution in [2.24, 2.45) is 0 Å². The van der Waals surface area contributed by atoms with Gasteiger partial charge in [-0.05, 0) is 141 Å². The second kappa shape index (κ2) is 33.3. The number of aromatic hydroxyl groups is 1. The number of benzene rings is 8. The van der Waals surface area contributed by atoms with E-state index in [2.05, 4.69) is 36.9 Å². The van der Waals surface area contributed by atoms with Crippen LogP contribution in [0.1, 0.15) is 111 Å². The summed E-state index contributed by atoms with van der Waals surface area (Å²) in [6.45, 7) is 25.1. The second-order valence-electron chi connectivity index (χ2n) is 21.9. The van der Waals surface area contributed by atoms with Crippen molar-refractivity contribution in [1.29, 1.82) is 0 Å². The van der Waals surface area contributed by atoms with Gasteiger partial charge in [-0.2, -0.15) is 13.2 Å². The fourth-order valence-corrected chi connectivity index (χ4v) is 9.23. The molecule has 0 heterocycles. The lowest BCUT2D eigenvalue weighted by molar-refractivity contribution is -0.148. The Morgan fingerprint density at radius 2 is 0.747 bits per heavy atom. The van der Waals surface area contributed by atoms with Gasteiger partial charge in [0, 0.05) is 33.1 Å². The summed E-state index contributed by atoms with van der Waals surface area (Å²) < 4.78 is 86.5. The van der Waals surface area contributed by atoms with Gasteiger partial charge in [-0.15, -0.1) is 0 Å².